The van der Waals surface area contributed by atoms with Crippen molar-refractivity contribution in [2.45, 2.75) is 49.1 Å². The molecule has 2 aromatic rings. The topological polar surface area (TPSA) is 118 Å². The number of hydrogen-bond donors (Lipinski definition) is 4. The van der Waals surface area contributed by atoms with Crippen LogP contribution < -0.4 is 4.74 Å². The predicted molar refractivity (Wildman–Crippen MR) is 119 cm³/mol. The smallest absolute Gasteiger partial charge is 0.124 e. The molecule has 33 heavy (non-hydrogen) atoms. The molecule has 8 nitrogen and oxygen atoms in total. The first kappa shape index (κ1) is 24.4. The standard InChI is InChI=1S/C24H29ClO8/c1-30-23(13-2-5-15(6-3-13)32-16-8-9-31-12-16)17-10-14(4-7-18(17)25)24-22(29)21(28)20(27)19(11-26)33-24/h2-7,10,16,19-24,26-29H,8-9,11-12H2,1H3/t16-,19-,20-,21+,22-,23?,24+/m1/s1. The highest BCUT2D eigenvalue weighted by Gasteiger charge is 2.44. The molecular formula is C24H29ClO8. The zero-order valence-corrected chi connectivity index (χ0v) is 19.0. The second-order valence-corrected chi connectivity index (χ2v) is 8.73. The molecule has 2 aromatic carbocycles. The number of benzene rings is 2. The van der Waals surface area contributed by atoms with Gasteiger partial charge in [0.05, 0.1) is 19.8 Å². The normalized spacial score (nSPS) is 30.8. The maximum absolute atomic E-state index is 10.5. The molecule has 2 heterocycles. The number of aliphatic hydroxyl groups excluding tert-OH is 4. The Kier molecular flexibility index (Phi) is 7.88. The van der Waals surface area contributed by atoms with Crippen molar-refractivity contribution in [1.82, 2.24) is 0 Å². The van der Waals surface area contributed by atoms with Crippen molar-refractivity contribution < 1.29 is 39.4 Å². The molecule has 0 saturated carbocycles. The van der Waals surface area contributed by atoms with Crippen LogP contribution in [0.25, 0.3) is 0 Å². The van der Waals surface area contributed by atoms with Gasteiger partial charge in [0.15, 0.2) is 0 Å². The Morgan fingerprint density at radius 1 is 1.06 bits per heavy atom. The quantitative estimate of drug-likeness (QED) is 0.473. The van der Waals surface area contributed by atoms with Gasteiger partial charge in [-0.15, -0.1) is 0 Å². The monoisotopic (exact) mass is 480 g/mol. The van der Waals surface area contributed by atoms with Crippen LogP contribution in [0.15, 0.2) is 42.5 Å². The molecule has 9 heteroatoms. The molecule has 7 atom stereocenters. The molecule has 2 fully saturated rings. The summed E-state index contributed by atoms with van der Waals surface area (Å²) >= 11 is 6.50. The third-order valence-corrected chi connectivity index (χ3v) is 6.48. The third-order valence-electron chi connectivity index (χ3n) is 6.13. The van der Waals surface area contributed by atoms with Crippen LogP contribution in [0.1, 0.15) is 35.3 Å². The van der Waals surface area contributed by atoms with Gasteiger partial charge in [-0.25, -0.2) is 0 Å². The first-order valence-corrected chi connectivity index (χ1v) is 11.3. The Morgan fingerprint density at radius 2 is 1.82 bits per heavy atom. The molecule has 0 radical (unpaired) electrons. The van der Waals surface area contributed by atoms with Crippen LogP contribution in [-0.4, -0.2) is 77.9 Å². The molecule has 0 spiro atoms. The minimum atomic E-state index is -1.46. The molecule has 1 unspecified atom stereocenters. The average Bonchev–Trinajstić information content (AvgIpc) is 3.34. The molecular weight excluding hydrogens is 452 g/mol. The Labute approximate surface area is 197 Å². The second kappa shape index (κ2) is 10.7. The molecule has 4 N–H and O–H groups in total. The molecule has 0 aromatic heterocycles. The van der Waals surface area contributed by atoms with Gasteiger partial charge in [0.1, 0.15) is 48.5 Å². The lowest BCUT2D eigenvalue weighted by atomic mass is 9.89. The number of halogens is 1. The lowest BCUT2D eigenvalue weighted by Gasteiger charge is -2.40. The third kappa shape index (κ3) is 5.18. The number of ether oxygens (including phenoxy) is 4. The van der Waals surface area contributed by atoms with E-state index in [2.05, 4.69) is 0 Å². The molecule has 0 bridgehead atoms. The highest BCUT2D eigenvalue weighted by molar-refractivity contribution is 6.31. The van der Waals surface area contributed by atoms with E-state index in [1.165, 1.54) is 0 Å². The summed E-state index contributed by atoms with van der Waals surface area (Å²) in [6, 6.07) is 12.6. The van der Waals surface area contributed by atoms with Crippen LogP contribution in [-0.2, 0) is 14.2 Å². The molecule has 2 aliphatic rings. The van der Waals surface area contributed by atoms with Crippen LogP contribution in [0.4, 0.5) is 0 Å². The van der Waals surface area contributed by atoms with Crippen molar-refractivity contribution in [2.24, 2.45) is 0 Å². The van der Waals surface area contributed by atoms with Crippen LogP contribution in [0.2, 0.25) is 5.02 Å². The highest BCUT2D eigenvalue weighted by Crippen LogP contribution is 2.38. The van der Waals surface area contributed by atoms with Gasteiger partial charge in [-0.1, -0.05) is 29.8 Å². The minimum Gasteiger partial charge on any atom is -0.488 e. The second-order valence-electron chi connectivity index (χ2n) is 8.32. The van der Waals surface area contributed by atoms with Gasteiger partial charge < -0.3 is 39.4 Å². The molecule has 4 rings (SSSR count). The summed E-state index contributed by atoms with van der Waals surface area (Å²) in [5.74, 6) is 0.741. The van der Waals surface area contributed by atoms with Gasteiger partial charge in [0.2, 0.25) is 0 Å². The fraction of sp³-hybridized carbons (Fsp3) is 0.500. The van der Waals surface area contributed by atoms with Gasteiger partial charge in [0, 0.05) is 24.1 Å². The number of methoxy groups -OCH3 is 1. The van der Waals surface area contributed by atoms with Gasteiger partial charge in [0.25, 0.3) is 0 Å². The van der Waals surface area contributed by atoms with Gasteiger partial charge >= 0.3 is 0 Å². The summed E-state index contributed by atoms with van der Waals surface area (Å²) in [6.07, 6.45) is -5.81. The Morgan fingerprint density at radius 3 is 2.45 bits per heavy atom. The maximum Gasteiger partial charge on any atom is 0.124 e. The van der Waals surface area contributed by atoms with E-state index in [9.17, 15) is 20.4 Å². The van der Waals surface area contributed by atoms with Crippen molar-refractivity contribution >= 4 is 11.6 Å². The molecule has 0 aliphatic carbocycles. The van der Waals surface area contributed by atoms with Gasteiger partial charge in [-0.2, -0.15) is 0 Å². The number of hydrogen-bond acceptors (Lipinski definition) is 8. The van der Waals surface area contributed by atoms with E-state index in [-0.39, 0.29) is 6.10 Å². The first-order valence-electron chi connectivity index (χ1n) is 10.9. The van der Waals surface area contributed by atoms with Crippen LogP contribution in [0, 0.1) is 0 Å². The molecule has 2 saturated heterocycles. The Balaban J connectivity index is 1.58. The Bertz CT molecular complexity index is 915. The SMILES string of the molecule is COC(c1ccc(O[C@@H]2CCOC2)cc1)c1cc([C@@H]2O[C@H](CO)[C@@H](O)[C@H](O)[C@H]2O)ccc1Cl. The van der Waals surface area contributed by atoms with Crippen LogP contribution >= 0.6 is 11.6 Å². The number of aliphatic hydroxyl groups is 4. The Hall–Kier alpha value is -1.75. The summed E-state index contributed by atoms with van der Waals surface area (Å²) in [5.41, 5.74) is 2.03. The van der Waals surface area contributed by atoms with Crippen LogP contribution in [0.3, 0.4) is 0 Å². The lowest BCUT2D eigenvalue weighted by Crippen LogP contribution is -2.55. The fourth-order valence-electron chi connectivity index (χ4n) is 4.28. The fourth-order valence-corrected chi connectivity index (χ4v) is 4.50. The first-order chi connectivity index (χ1) is 15.9. The van der Waals surface area contributed by atoms with Gasteiger partial charge in [-0.05, 0) is 35.4 Å². The molecule has 2 aliphatic heterocycles. The molecule has 180 valence electrons. The van der Waals surface area contributed by atoms with Crippen molar-refractivity contribution in [1.29, 1.82) is 0 Å². The minimum absolute atomic E-state index is 0.0544. The van der Waals surface area contributed by atoms with Crippen molar-refractivity contribution in [2.75, 3.05) is 26.9 Å². The van der Waals surface area contributed by atoms with E-state index in [0.717, 1.165) is 17.7 Å². The average molecular weight is 481 g/mol. The van der Waals surface area contributed by atoms with E-state index in [1.807, 2.05) is 24.3 Å². The summed E-state index contributed by atoms with van der Waals surface area (Å²) in [6.45, 7) is 0.796. The van der Waals surface area contributed by atoms with E-state index in [1.54, 1.807) is 25.3 Å². The van der Waals surface area contributed by atoms with Crippen molar-refractivity contribution in [3.63, 3.8) is 0 Å². The number of rotatable bonds is 7. The van der Waals surface area contributed by atoms with E-state index < -0.39 is 43.2 Å². The largest absolute Gasteiger partial charge is 0.488 e. The summed E-state index contributed by atoms with van der Waals surface area (Å²) in [7, 11) is 1.57. The summed E-state index contributed by atoms with van der Waals surface area (Å²) in [5, 5.41) is 40.6. The van der Waals surface area contributed by atoms with E-state index in [0.29, 0.717) is 29.4 Å². The van der Waals surface area contributed by atoms with E-state index >= 15 is 0 Å². The van der Waals surface area contributed by atoms with Crippen molar-refractivity contribution in [3.05, 3.63) is 64.2 Å². The highest BCUT2D eigenvalue weighted by atomic mass is 35.5. The van der Waals surface area contributed by atoms with Gasteiger partial charge in [-0.3, -0.25) is 0 Å². The summed E-state index contributed by atoms with van der Waals surface area (Å²) < 4.78 is 22.7. The van der Waals surface area contributed by atoms with Crippen LogP contribution in [0.5, 0.6) is 5.75 Å². The zero-order chi connectivity index (χ0) is 23.5. The maximum atomic E-state index is 10.5. The predicted octanol–water partition coefficient (Wildman–Crippen LogP) is 1.76. The van der Waals surface area contributed by atoms with E-state index in [4.69, 9.17) is 30.5 Å². The zero-order valence-electron chi connectivity index (χ0n) is 18.2. The molecule has 0 amide bonds. The summed E-state index contributed by atoms with van der Waals surface area (Å²) in [4.78, 5) is 0. The lowest BCUT2D eigenvalue weighted by molar-refractivity contribution is -0.231. The van der Waals surface area contributed by atoms with Crippen molar-refractivity contribution in [3.8, 4) is 5.75 Å².